The van der Waals surface area contributed by atoms with Crippen LogP contribution >= 0.6 is 11.6 Å². The molecule has 0 aliphatic heterocycles. The van der Waals surface area contributed by atoms with Gasteiger partial charge in [-0.05, 0) is 48.6 Å². The second-order valence-electron chi connectivity index (χ2n) is 6.19. The van der Waals surface area contributed by atoms with Gasteiger partial charge in [-0.15, -0.1) is 0 Å². The lowest BCUT2D eigenvalue weighted by Gasteiger charge is -2.27. The summed E-state index contributed by atoms with van der Waals surface area (Å²) in [7, 11) is 0. The van der Waals surface area contributed by atoms with Gasteiger partial charge in [0.25, 0.3) is 0 Å². The zero-order valence-corrected chi connectivity index (χ0v) is 13.6. The minimum atomic E-state index is -0.938. The van der Waals surface area contributed by atoms with Crippen molar-refractivity contribution in [3.63, 3.8) is 0 Å². The highest BCUT2D eigenvalue weighted by Crippen LogP contribution is 2.41. The van der Waals surface area contributed by atoms with Crippen LogP contribution in [0.15, 0.2) is 42.6 Å². The SMILES string of the molecule is O=C(O)c1ccc2c(c1)[C@@H](n1cc3cccc(Cl)c3c1O)CCC2. The maximum atomic E-state index is 11.3. The fraction of sp³-hybridized carbons (Fsp3) is 0.211. The third kappa shape index (κ3) is 2.26. The number of aromatic hydroxyl groups is 1. The fourth-order valence-corrected chi connectivity index (χ4v) is 3.92. The van der Waals surface area contributed by atoms with E-state index in [4.69, 9.17) is 11.6 Å². The molecule has 2 N–H and O–H groups in total. The zero-order chi connectivity index (χ0) is 16.8. The molecule has 1 aromatic heterocycles. The Morgan fingerprint density at radius 3 is 2.83 bits per heavy atom. The summed E-state index contributed by atoms with van der Waals surface area (Å²) in [4.78, 5) is 11.3. The molecule has 1 aliphatic rings. The number of benzene rings is 2. The van der Waals surface area contributed by atoms with Gasteiger partial charge >= 0.3 is 5.97 Å². The third-order valence-corrected chi connectivity index (χ3v) is 5.12. The maximum absolute atomic E-state index is 11.3. The van der Waals surface area contributed by atoms with Gasteiger partial charge in [-0.1, -0.05) is 29.8 Å². The number of carboxylic acids is 1. The van der Waals surface area contributed by atoms with Gasteiger partial charge in [0.1, 0.15) is 0 Å². The highest BCUT2D eigenvalue weighted by Gasteiger charge is 2.26. The zero-order valence-electron chi connectivity index (χ0n) is 12.9. The average Bonchev–Trinajstić information content (AvgIpc) is 2.91. The minimum absolute atomic E-state index is 0.0866. The number of hydrogen-bond acceptors (Lipinski definition) is 2. The Morgan fingerprint density at radius 2 is 2.08 bits per heavy atom. The Bertz CT molecular complexity index is 961. The van der Waals surface area contributed by atoms with E-state index in [2.05, 4.69) is 0 Å². The largest absolute Gasteiger partial charge is 0.494 e. The van der Waals surface area contributed by atoms with E-state index in [1.54, 1.807) is 18.2 Å². The molecule has 0 unspecified atom stereocenters. The summed E-state index contributed by atoms with van der Waals surface area (Å²) in [6, 6.07) is 10.7. The number of carbonyl (C=O) groups is 1. The first-order chi connectivity index (χ1) is 11.6. The second-order valence-corrected chi connectivity index (χ2v) is 6.60. The fourth-order valence-electron chi connectivity index (χ4n) is 3.66. The Morgan fingerprint density at radius 1 is 1.25 bits per heavy atom. The number of hydrogen-bond donors (Lipinski definition) is 2. The molecule has 0 saturated heterocycles. The molecule has 1 heterocycles. The molecule has 0 bridgehead atoms. The lowest BCUT2D eigenvalue weighted by molar-refractivity contribution is 0.0696. The first kappa shape index (κ1) is 15.1. The Kier molecular flexibility index (Phi) is 3.50. The van der Waals surface area contributed by atoms with Crippen LogP contribution in [0.1, 0.15) is 40.4 Å². The predicted molar refractivity (Wildman–Crippen MR) is 93.1 cm³/mol. The number of carboxylic acid groups (broad SMARTS) is 1. The Labute approximate surface area is 143 Å². The number of halogens is 1. The van der Waals surface area contributed by atoms with Crippen LogP contribution in [0.2, 0.25) is 5.02 Å². The van der Waals surface area contributed by atoms with E-state index in [9.17, 15) is 15.0 Å². The summed E-state index contributed by atoms with van der Waals surface area (Å²) in [5.41, 5.74) is 2.38. The van der Waals surface area contributed by atoms with Gasteiger partial charge in [0.05, 0.1) is 22.0 Å². The predicted octanol–water partition coefficient (Wildman–Crippen LogP) is 4.62. The molecule has 0 spiro atoms. The molecule has 0 amide bonds. The smallest absolute Gasteiger partial charge is 0.335 e. The summed E-state index contributed by atoms with van der Waals surface area (Å²) >= 11 is 6.23. The molecule has 1 aliphatic carbocycles. The Hall–Kier alpha value is -2.46. The molecular weight excluding hydrogens is 326 g/mol. The average molecular weight is 342 g/mol. The van der Waals surface area contributed by atoms with Crippen LogP contribution in [-0.4, -0.2) is 20.7 Å². The summed E-state index contributed by atoms with van der Waals surface area (Å²) in [5.74, 6) is -0.804. The van der Waals surface area contributed by atoms with E-state index in [0.717, 1.165) is 35.8 Å². The van der Waals surface area contributed by atoms with Crippen molar-refractivity contribution < 1.29 is 15.0 Å². The second kappa shape index (κ2) is 5.56. The van der Waals surface area contributed by atoms with Crippen molar-refractivity contribution >= 4 is 28.3 Å². The van der Waals surface area contributed by atoms with E-state index in [1.165, 1.54) is 0 Å². The van der Waals surface area contributed by atoms with Crippen molar-refractivity contribution in [3.05, 3.63) is 64.3 Å². The van der Waals surface area contributed by atoms with Crippen molar-refractivity contribution in [2.45, 2.75) is 25.3 Å². The van der Waals surface area contributed by atoms with Crippen LogP contribution < -0.4 is 0 Å². The van der Waals surface area contributed by atoms with Crippen molar-refractivity contribution in [3.8, 4) is 5.88 Å². The van der Waals surface area contributed by atoms with E-state index in [0.29, 0.717) is 10.4 Å². The molecule has 0 fully saturated rings. The minimum Gasteiger partial charge on any atom is -0.494 e. The molecule has 3 aromatic rings. The van der Waals surface area contributed by atoms with E-state index < -0.39 is 5.97 Å². The maximum Gasteiger partial charge on any atom is 0.335 e. The van der Waals surface area contributed by atoms with Crippen LogP contribution in [-0.2, 0) is 6.42 Å². The van der Waals surface area contributed by atoms with Crippen LogP contribution in [0.4, 0.5) is 0 Å². The van der Waals surface area contributed by atoms with Gasteiger partial charge < -0.3 is 14.8 Å². The molecule has 4 rings (SSSR count). The van der Waals surface area contributed by atoms with Crippen molar-refractivity contribution in [1.29, 1.82) is 0 Å². The number of aromatic carboxylic acids is 1. The van der Waals surface area contributed by atoms with Gasteiger partial charge in [-0.2, -0.15) is 0 Å². The summed E-state index contributed by atoms with van der Waals surface area (Å²) in [5, 5.41) is 22.0. The Balaban J connectivity index is 1.90. The van der Waals surface area contributed by atoms with Gasteiger partial charge in [0.2, 0.25) is 5.88 Å². The molecule has 1 atom stereocenters. The number of rotatable bonds is 2. The molecule has 24 heavy (non-hydrogen) atoms. The van der Waals surface area contributed by atoms with Crippen molar-refractivity contribution in [2.24, 2.45) is 0 Å². The molecule has 122 valence electrons. The van der Waals surface area contributed by atoms with E-state index in [1.807, 2.05) is 29.0 Å². The standard InChI is InChI=1S/C19H16ClNO3/c20-15-5-1-4-13-10-21(18(22)17(13)15)16-6-2-3-11-7-8-12(19(23)24)9-14(11)16/h1,4-5,7-10,16,22H,2-3,6H2,(H,23,24)/t16-/m0/s1. The van der Waals surface area contributed by atoms with Crippen LogP contribution in [0.3, 0.4) is 0 Å². The highest BCUT2D eigenvalue weighted by atomic mass is 35.5. The lowest BCUT2D eigenvalue weighted by atomic mass is 9.86. The van der Waals surface area contributed by atoms with Gasteiger partial charge in [0.15, 0.2) is 0 Å². The number of nitrogens with zero attached hydrogens (tertiary/aromatic N) is 1. The first-order valence-electron chi connectivity index (χ1n) is 7.90. The summed E-state index contributed by atoms with van der Waals surface area (Å²) in [6.07, 6.45) is 4.66. The molecule has 0 radical (unpaired) electrons. The molecule has 4 nitrogen and oxygen atoms in total. The van der Waals surface area contributed by atoms with E-state index in [-0.39, 0.29) is 17.5 Å². The van der Waals surface area contributed by atoms with Gasteiger partial charge in [-0.3, -0.25) is 0 Å². The van der Waals surface area contributed by atoms with Crippen LogP contribution in [0.25, 0.3) is 10.8 Å². The molecule has 0 saturated carbocycles. The third-order valence-electron chi connectivity index (χ3n) is 4.80. The van der Waals surface area contributed by atoms with Crippen molar-refractivity contribution in [2.75, 3.05) is 0 Å². The molecular formula is C19H16ClNO3. The van der Waals surface area contributed by atoms with Crippen LogP contribution in [0, 0.1) is 0 Å². The molecule has 2 aromatic carbocycles. The van der Waals surface area contributed by atoms with Gasteiger partial charge in [-0.25, -0.2) is 4.79 Å². The molecule has 5 heteroatoms. The normalized spacial score (nSPS) is 17.0. The first-order valence-corrected chi connectivity index (χ1v) is 8.28. The lowest BCUT2D eigenvalue weighted by Crippen LogP contribution is -2.17. The highest BCUT2D eigenvalue weighted by molar-refractivity contribution is 6.36. The number of aryl methyl sites for hydroxylation is 1. The number of fused-ring (bicyclic) bond motifs is 2. The summed E-state index contributed by atoms with van der Waals surface area (Å²) in [6.45, 7) is 0. The van der Waals surface area contributed by atoms with Crippen molar-refractivity contribution in [1.82, 2.24) is 4.57 Å². The van der Waals surface area contributed by atoms with Gasteiger partial charge in [0, 0.05) is 11.6 Å². The number of aromatic nitrogens is 1. The monoisotopic (exact) mass is 341 g/mol. The van der Waals surface area contributed by atoms with E-state index >= 15 is 0 Å². The summed E-state index contributed by atoms with van der Waals surface area (Å²) < 4.78 is 1.82. The quantitative estimate of drug-likeness (QED) is 0.714. The van der Waals surface area contributed by atoms with Crippen LogP contribution in [0.5, 0.6) is 5.88 Å². The topological polar surface area (TPSA) is 62.5 Å².